The van der Waals surface area contributed by atoms with E-state index in [1.54, 1.807) is 0 Å². The molecule has 0 aliphatic heterocycles. The van der Waals surface area contributed by atoms with Gasteiger partial charge in [0.15, 0.2) is 0 Å². The minimum absolute atomic E-state index is 0.470. The lowest BCUT2D eigenvalue weighted by Crippen LogP contribution is -2.02. The number of nitrogens with two attached hydrogens (primary N) is 2. The Balaban J connectivity index is 0.939. The summed E-state index contributed by atoms with van der Waals surface area (Å²) in [5, 5.41) is 0. The highest BCUT2D eigenvalue weighted by molar-refractivity contribution is 5.44. The molecule has 2 unspecified atom stereocenters. The second-order valence-electron chi connectivity index (χ2n) is 22.0. The predicted octanol–water partition coefficient (Wildman–Crippen LogP) is 21.8. The van der Waals surface area contributed by atoms with Crippen LogP contribution in [0.15, 0.2) is 97.1 Å². The molecular formula is C68H108N2. The molecule has 4 aromatic rings. The fraction of sp³-hybridized carbons (Fsp3) is 0.647. The molecule has 0 saturated carbocycles. The van der Waals surface area contributed by atoms with E-state index in [4.69, 9.17) is 11.5 Å². The lowest BCUT2D eigenvalue weighted by Gasteiger charge is -2.19. The molecule has 390 valence electrons. The van der Waals surface area contributed by atoms with E-state index in [9.17, 15) is 0 Å². The number of unbranched alkanes of at least 4 members (excludes halogenated alkanes) is 33. The van der Waals surface area contributed by atoms with Crippen LogP contribution >= 0.6 is 0 Å². The van der Waals surface area contributed by atoms with Gasteiger partial charge in [0.25, 0.3) is 0 Å². The molecule has 0 fully saturated rings. The van der Waals surface area contributed by atoms with E-state index in [1.807, 2.05) is 0 Å². The van der Waals surface area contributed by atoms with Crippen LogP contribution in [0.4, 0.5) is 11.4 Å². The van der Waals surface area contributed by atoms with Crippen molar-refractivity contribution in [2.75, 3.05) is 11.5 Å². The third-order valence-corrected chi connectivity index (χ3v) is 15.8. The summed E-state index contributed by atoms with van der Waals surface area (Å²) in [7, 11) is 0. The topological polar surface area (TPSA) is 52.0 Å². The van der Waals surface area contributed by atoms with Crippen molar-refractivity contribution < 1.29 is 0 Å². The van der Waals surface area contributed by atoms with Gasteiger partial charge in [-0.1, -0.05) is 305 Å². The van der Waals surface area contributed by atoms with E-state index >= 15 is 0 Å². The average Bonchev–Trinajstić information content (AvgIpc) is 3.38. The summed E-state index contributed by atoms with van der Waals surface area (Å²) < 4.78 is 0. The zero-order chi connectivity index (χ0) is 49.4. The van der Waals surface area contributed by atoms with Crippen molar-refractivity contribution in [2.45, 2.75) is 283 Å². The summed E-state index contributed by atoms with van der Waals surface area (Å²) in [4.78, 5) is 0. The number of hydrogen-bond acceptors (Lipinski definition) is 2. The fourth-order valence-electron chi connectivity index (χ4n) is 11.1. The lowest BCUT2D eigenvalue weighted by molar-refractivity contribution is 0.524. The van der Waals surface area contributed by atoms with Gasteiger partial charge in [0.1, 0.15) is 0 Å². The molecule has 0 amide bonds. The van der Waals surface area contributed by atoms with Gasteiger partial charge < -0.3 is 11.5 Å². The Bertz CT molecular complexity index is 1620. The van der Waals surface area contributed by atoms with E-state index in [0.717, 1.165) is 11.4 Å². The fourth-order valence-corrected chi connectivity index (χ4v) is 11.1. The molecule has 2 nitrogen and oxygen atoms in total. The van der Waals surface area contributed by atoms with Crippen molar-refractivity contribution in [1.29, 1.82) is 0 Å². The van der Waals surface area contributed by atoms with Crippen LogP contribution in [0.1, 0.15) is 303 Å². The highest BCUT2D eigenvalue weighted by Crippen LogP contribution is 2.33. The first-order valence-electron chi connectivity index (χ1n) is 30.5. The average molecular weight is 954 g/mol. The van der Waals surface area contributed by atoms with Crippen LogP contribution in [0.3, 0.4) is 0 Å². The van der Waals surface area contributed by atoms with Gasteiger partial charge in [-0.25, -0.2) is 0 Å². The maximum absolute atomic E-state index is 6.06. The lowest BCUT2D eigenvalue weighted by atomic mass is 9.86. The maximum atomic E-state index is 6.06. The molecule has 70 heavy (non-hydrogen) atoms. The van der Waals surface area contributed by atoms with Gasteiger partial charge in [0.2, 0.25) is 0 Å². The number of anilines is 2. The Hall–Kier alpha value is -3.52. The molecule has 4 N–H and O–H groups in total. The molecule has 4 aromatic carbocycles. The molecule has 2 atom stereocenters. The Morgan fingerprint density at radius 2 is 0.443 bits per heavy atom. The van der Waals surface area contributed by atoms with E-state index in [0.29, 0.717) is 11.8 Å². The smallest absolute Gasteiger partial charge is 0.0314 e. The van der Waals surface area contributed by atoms with Gasteiger partial charge >= 0.3 is 0 Å². The van der Waals surface area contributed by atoms with Crippen LogP contribution in [-0.4, -0.2) is 0 Å². The van der Waals surface area contributed by atoms with Gasteiger partial charge in [-0.3, -0.25) is 0 Å². The SMILES string of the molecule is CCCCCCCCCCCC(c1ccc(N)cc1)c1ccc(CCCCCCCCCCCCCCCCCCCCc2ccc(C(CCCCCCCCCCC)c3ccc(N)cc3)cc2)cc1. The molecule has 4 rings (SSSR count). The Morgan fingerprint density at radius 3 is 0.686 bits per heavy atom. The van der Waals surface area contributed by atoms with Crippen LogP contribution < -0.4 is 11.5 Å². The minimum atomic E-state index is 0.470. The zero-order valence-electron chi connectivity index (χ0n) is 45.8. The number of rotatable bonds is 45. The second kappa shape index (κ2) is 40.0. The highest BCUT2D eigenvalue weighted by atomic mass is 14.5. The van der Waals surface area contributed by atoms with Crippen LogP contribution in [-0.2, 0) is 12.8 Å². The van der Waals surface area contributed by atoms with Gasteiger partial charge in [0, 0.05) is 23.2 Å². The second-order valence-corrected chi connectivity index (χ2v) is 22.0. The van der Waals surface area contributed by atoms with Crippen LogP contribution in [0, 0.1) is 0 Å². The summed E-state index contributed by atoms with van der Waals surface area (Å²) in [6, 6.07) is 36.7. The van der Waals surface area contributed by atoms with Crippen molar-refractivity contribution in [3.05, 3.63) is 130 Å². The van der Waals surface area contributed by atoms with Gasteiger partial charge in [-0.15, -0.1) is 0 Å². The maximum Gasteiger partial charge on any atom is 0.0314 e. The van der Waals surface area contributed by atoms with Crippen molar-refractivity contribution in [3.63, 3.8) is 0 Å². The summed E-state index contributed by atoms with van der Waals surface area (Å²) in [6.45, 7) is 4.60. The number of hydrogen-bond donors (Lipinski definition) is 2. The Kier molecular flexibility index (Phi) is 33.8. The molecule has 0 radical (unpaired) electrons. The van der Waals surface area contributed by atoms with E-state index < -0.39 is 0 Å². The largest absolute Gasteiger partial charge is 0.399 e. The zero-order valence-corrected chi connectivity index (χ0v) is 45.8. The summed E-state index contributed by atoms with van der Waals surface area (Å²) in [6.07, 6.45) is 55.2. The first kappa shape index (κ1) is 59.0. The Morgan fingerprint density at radius 1 is 0.243 bits per heavy atom. The van der Waals surface area contributed by atoms with Crippen molar-refractivity contribution in [2.24, 2.45) is 0 Å². The van der Waals surface area contributed by atoms with Crippen molar-refractivity contribution >= 4 is 11.4 Å². The van der Waals surface area contributed by atoms with E-state index in [-0.39, 0.29) is 0 Å². The summed E-state index contributed by atoms with van der Waals surface area (Å²) >= 11 is 0. The van der Waals surface area contributed by atoms with E-state index in [2.05, 4.69) is 111 Å². The minimum Gasteiger partial charge on any atom is -0.399 e. The third kappa shape index (κ3) is 27.3. The first-order chi connectivity index (χ1) is 34.6. The van der Waals surface area contributed by atoms with Gasteiger partial charge in [-0.05, 0) is 96.2 Å². The molecule has 0 spiro atoms. The molecule has 0 aliphatic carbocycles. The molecule has 0 heterocycles. The van der Waals surface area contributed by atoms with E-state index in [1.165, 1.54) is 290 Å². The summed E-state index contributed by atoms with van der Waals surface area (Å²) in [5.74, 6) is 0.940. The standard InChI is InChI=1S/C68H108N2/c1-3-5-7-9-11-23-29-33-37-41-67(63-51-55-65(69)56-52-63)61-47-43-59(44-48-61)39-35-31-27-25-21-19-17-15-13-14-16-18-20-22-26-28-32-36-40-60-45-49-62(50-46-60)68(64-53-57-66(70)58-54-64)42-38-34-30-24-12-10-8-6-4-2/h43-58,67-68H,3-42,69-70H2,1-2H3. The molecule has 2 heteroatoms. The predicted molar refractivity (Wildman–Crippen MR) is 312 cm³/mol. The summed E-state index contributed by atoms with van der Waals surface area (Å²) in [5.41, 5.74) is 22.6. The highest BCUT2D eigenvalue weighted by Gasteiger charge is 2.16. The van der Waals surface area contributed by atoms with Gasteiger partial charge in [0.05, 0.1) is 0 Å². The van der Waals surface area contributed by atoms with Gasteiger partial charge in [-0.2, -0.15) is 0 Å². The monoisotopic (exact) mass is 953 g/mol. The molecule has 0 bridgehead atoms. The number of aryl methyl sites for hydroxylation is 2. The van der Waals surface area contributed by atoms with Crippen LogP contribution in [0.5, 0.6) is 0 Å². The molecule has 0 aromatic heterocycles. The molecule has 0 aliphatic rings. The van der Waals surface area contributed by atoms with Crippen LogP contribution in [0.2, 0.25) is 0 Å². The Labute approximate surface area is 433 Å². The van der Waals surface area contributed by atoms with Crippen LogP contribution in [0.25, 0.3) is 0 Å². The normalized spacial score (nSPS) is 12.4. The number of benzene rings is 4. The first-order valence-corrected chi connectivity index (χ1v) is 30.5. The quantitative estimate of drug-likeness (QED) is 0.0343. The number of nitrogen functional groups attached to an aromatic ring is 2. The van der Waals surface area contributed by atoms with Crippen molar-refractivity contribution in [1.82, 2.24) is 0 Å². The third-order valence-electron chi connectivity index (χ3n) is 15.8. The molecular weight excluding hydrogens is 845 g/mol. The molecule has 0 saturated heterocycles. The van der Waals surface area contributed by atoms with Crippen molar-refractivity contribution in [3.8, 4) is 0 Å².